The van der Waals surface area contributed by atoms with Gasteiger partial charge < -0.3 is 19.9 Å². The molecule has 0 spiro atoms. The molecule has 1 aromatic rings. The lowest BCUT2D eigenvalue weighted by molar-refractivity contribution is -0.00363. The number of thiophene rings is 1. The number of morpholine rings is 1. The zero-order valence-electron chi connectivity index (χ0n) is 12.3. The molecule has 1 fully saturated rings. The summed E-state index contributed by atoms with van der Waals surface area (Å²) in [4.78, 5) is 16.1. The number of hydrogen-bond acceptors (Lipinski definition) is 4. The third-order valence-corrected chi connectivity index (χ3v) is 4.23. The minimum absolute atomic E-state index is 0.00206. The number of carbonyl (C=O) groups is 1. The van der Waals surface area contributed by atoms with Crippen molar-refractivity contribution in [3.63, 3.8) is 0 Å². The van der Waals surface area contributed by atoms with Gasteiger partial charge in [-0.3, -0.25) is 0 Å². The molecule has 112 valence electrons. The van der Waals surface area contributed by atoms with E-state index in [4.69, 9.17) is 4.74 Å². The van der Waals surface area contributed by atoms with Crippen molar-refractivity contribution >= 4 is 17.4 Å². The Morgan fingerprint density at radius 1 is 1.65 bits per heavy atom. The van der Waals surface area contributed by atoms with E-state index in [1.165, 1.54) is 5.56 Å². The van der Waals surface area contributed by atoms with Crippen molar-refractivity contribution < 1.29 is 9.53 Å². The molecule has 0 aliphatic carbocycles. The smallest absolute Gasteiger partial charge is 0.317 e. The van der Waals surface area contributed by atoms with Crippen LogP contribution in [0.1, 0.15) is 18.5 Å². The number of hydrogen-bond donors (Lipinski definition) is 1. The maximum Gasteiger partial charge on any atom is 0.317 e. The molecular weight excluding hydrogens is 274 g/mol. The Hall–Kier alpha value is -1.11. The molecule has 2 rings (SSSR count). The van der Waals surface area contributed by atoms with Crippen molar-refractivity contribution in [2.24, 2.45) is 0 Å². The van der Waals surface area contributed by atoms with E-state index in [2.05, 4.69) is 27.0 Å². The van der Waals surface area contributed by atoms with Crippen molar-refractivity contribution in [2.75, 3.05) is 40.3 Å². The molecular formula is C14H23N3O2S. The van der Waals surface area contributed by atoms with E-state index in [0.717, 1.165) is 0 Å². The first-order valence-corrected chi connectivity index (χ1v) is 7.85. The molecule has 20 heavy (non-hydrogen) atoms. The third kappa shape index (κ3) is 3.94. The molecule has 1 N–H and O–H groups in total. The molecule has 0 aromatic carbocycles. The first-order valence-electron chi connectivity index (χ1n) is 6.91. The highest BCUT2D eigenvalue weighted by Crippen LogP contribution is 2.20. The Bertz CT molecular complexity index is 422. The number of likely N-dealkylation sites (N-methyl/N-ethyl adjacent to an activating group) is 1. The summed E-state index contributed by atoms with van der Waals surface area (Å²) >= 11 is 1.68. The highest BCUT2D eigenvalue weighted by atomic mass is 32.1. The fraction of sp³-hybridized carbons (Fsp3) is 0.643. The van der Waals surface area contributed by atoms with E-state index < -0.39 is 0 Å². The lowest BCUT2D eigenvalue weighted by Crippen LogP contribution is -2.50. The van der Waals surface area contributed by atoms with Gasteiger partial charge in [0, 0.05) is 19.6 Å². The highest BCUT2D eigenvalue weighted by Gasteiger charge is 2.22. The van der Waals surface area contributed by atoms with Gasteiger partial charge in [0.05, 0.1) is 18.8 Å². The van der Waals surface area contributed by atoms with Crippen LogP contribution < -0.4 is 5.32 Å². The van der Waals surface area contributed by atoms with Gasteiger partial charge in [-0.2, -0.15) is 11.3 Å². The molecule has 2 heterocycles. The van der Waals surface area contributed by atoms with Crippen molar-refractivity contribution in [3.05, 3.63) is 22.4 Å². The first kappa shape index (κ1) is 15.3. The zero-order chi connectivity index (χ0) is 14.5. The van der Waals surface area contributed by atoms with E-state index in [1.807, 2.05) is 25.9 Å². The molecule has 0 radical (unpaired) electrons. The largest absolute Gasteiger partial charge is 0.375 e. The second kappa shape index (κ2) is 7.06. The molecule has 5 nitrogen and oxygen atoms in total. The Labute approximate surface area is 124 Å². The average molecular weight is 297 g/mol. The zero-order valence-corrected chi connectivity index (χ0v) is 13.2. The van der Waals surface area contributed by atoms with Crippen molar-refractivity contribution in [3.8, 4) is 0 Å². The van der Waals surface area contributed by atoms with Gasteiger partial charge in [-0.1, -0.05) is 0 Å². The molecule has 6 heteroatoms. The molecule has 1 aliphatic heterocycles. The topological polar surface area (TPSA) is 44.8 Å². The molecule has 0 unspecified atom stereocenters. The Morgan fingerprint density at radius 2 is 2.45 bits per heavy atom. The summed E-state index contributed by atoms with van der Waals surface area (Å²) in [5.41, 5.74) is 1.25. The van der Waals surface area contributed by atoms with Crippen LogP contribution in [0.4, 0.5) is 4.79 Å². The quantitative estimate of drug-likeness (QED) is 0.921. The lowest BCUT2D eigenvalue weighted by atomic mass is 10.1. The van der Waals surface area contributed by atoms with Crippen LogP contribution in [0.3, 0.4) is 0 Å². The van der Waals surface area contributed by atoms with Crippen LogP contribution in [0.2, 0.25) is 0 Å². The van der Waals surface area contributed by atoms with Crippen LogP contribution in [0.5, 0.6) is 0 Å². The number of rotatable bonds is 4. The van der Waals surface area contributed by atoms with Gasteiger partial charge in [-0.25, -0.2) is 4.79 Å². The molecule has 2 amide bonds. The average Bonchev–Trinajstić information content (AvgIpc) is 2.92. The van der Waals surface area contributed by atoms with Crippen LogP contribution >= 0.6 is 11.3 Å². The van der Waals surface area contributed by atoms with E-state index in [9.17, 15) is 4.79 Å². The molecule has 1 aliphatic rings. The standard InChI is InChI=1S/C14H23N3O2S/c1-11-9-17(5-6-19-11)14(18)15-8-13(16(2)3)12-4-7-20-10-12/h4,7,10-11,13H,5-6,8-9H2,1-3H3,(H,15,18)/t11-,13-/m0/s1. The summed E-state index contributed by atoms with van der Waals surface area (Å²) in [5, 5.41) is 7.24. The number of ether oxygens (including phenoxy) is 1. The van der Waals surface area contributed by atoms with E-state index in [1.54, 1.807) is 11.3 Å². The Kier molecular flexibility index (Phi) is 5.39. The summed E-state index contributed by atoms with van der Waals surface area (Å²) in [7, 11) is 4.07. The van der Waals surface area contributed by atoms with Crippen LogP contribution in [0, 0.1) is 0 Å². The van der Waals surface area contributed by atoms with Gasteiger partial charge in [0.2, 0.25) is 0 Å². The molecule has 1 aromatic heterocycles. The lowest BCUT2D eigenvalue weighted by Gasteiger charge is -2.32. The van der Waals surface area contributed by atoms with Crippen LogP contribution in [0.15, 0.2) is 16.8 Å². The highest BCUT2D eigenvalue weighted by molar-refractivity contribution is 7.07. The van der Waals surface area contributed by atoms with E-state index in [-0.39, 0.29) is 18.2 Å². The molecule has 0 bridgehead atoms. The van der Waals surface area contributed by atoms with Crippen LogP contribution in [-0.2, 0) is 4.74 Å². The van der Waals surface area contributed by atoms with E-state index >= 15 is 0 Å². The number of nitrogens with one attached hydrogen (secondary N) is 1. The summed E-state index contributed by atoms with van der Waals surface area (Å²) in [6.45, 7) is 4.57. The van der Waals surface area contributed by atoms with Gasteiger partial charge in [-0.15, -0.1) is 0 Å². The molecule has 0 saturated carbocycles. The Balaban J connectivity index is 1.87. The van der Waals surface area contributed by atoms with Gasteiger partial charge in [-0.05, 0) is 43.4 Å². The number of amides is 2. The van der Waals surface area contributed by atoms with Gasteiger partial charge in [0.15, 0.2) is 0 Å². The normalized spacial score (nSPS) is 21.0. The number of carbonyl (C=O) groups excluding carboxylic acids is 1. The predicted octanol–water partition coefficient (Wildman–Crippen LogP) is 1.78. The summed E-state index contributed by atoms with van der Waals surface area (Å²) in [6.07, 6.45) is 0.121. The molecule has 2 atom stereocenters. The maximum atomic E-state index is 12.2. The van der Waals surface area contributed by atoms with Crippen LogP contribution in [0.25, 0.3) is 0 Å². The summed E-state index contributed by atoms with van der Waals surface area (Å²) in [6, 6.07) is 2.32. The monoisotopic (exact) mass is 297 g/mol. The fourth-order valence-corrected chi connectivity index (χ4v) is 3.07. The minimum Gasteiger partial charge on any atom is -0.375 e. The number of urea groups is 1. The van der Waals surface area contributed by atoms with Crippen molar-refractivity contribution in [2.45, 2.75) is 19.1 Å². The molecule has 1 saturated heterocycles. The summed E-state index contributed by atoms with van der Waals surface area (Å²) < 4.78 is 5.45. The number of nitrogens with zero attached hydrogens (tertiary/aromatic N) is 2. The van der Waals surface area contributed by atoms with Gasteiger partial charge >= 0.3 is 6.03 Å². The summed E-state index contributed by atoms with van der Waals surface area (Å²) in [5.74, 6) is 0. The minimum atomic E-state index is 0.00206. The predicted molar refractivity (Wildman–Crippen MR) is 81.1 cm³/mol. The fourth-order valence-electron chi connectivity index (χ4n) is 2.36. The van der Waals surface area contributed by atoms with Gasteiger partial charge in [0.1, 0.15) is 0 Å². The van der Waals surface area contributed by atoms with E-state index in [0.29, 0.717) is 26.2 Å². The third-order valence-electron chi connectivity index (χ3n) is 3.53. The first-order chi connectivity index (χ1) is 9.58. The second-order valence-corrected chi connectivity index (χ2v) is 6.13. The van der Waals surface area contributed by atoms with Crippen molar-refractivity contribution in [1.82, 2.24) is 15.1 Å². The Morgan fingerprint density at radius 3 is 3.05 bits per heavy atom. The van der Waals surface area contributed by atoms with Crippen LogP contribution in [-0.4, -0.2) is 62.3 Å². The second-order valence-electron chi connectivity index (χ2n) is 5.35. The maximum absolute atomic E-state index is 12.2. The SMILES string of the molecule is C[C@H]1CN(C(=O)NC[C@@H](c2ccsc2)N(C)C)CCO1. The van der Waals surface area contributed by atoms with Gasteiger partial charge in [0.25, 0.3) is 0 Å². The van der Waals surface area contributed by atoms with Crippen molar-refractivity contribution in [1.29, 1.82) is 0 Å².